The van der Waals surface area contributed by atoms with E-state index in [4.69, 9.17) is 9.47 Å². The molecule has 6 nitrogen and oxygen atoms in total. The van der Waals surface area contributed by atoms with Crippen molar-refractivity contribution >= 4 is 17.9 Å². The summed E-state index contributed by atoms with van der Waals surface area (Å²) in [6, 6.07) is 13.0. The molecule has 2 aromatic rings. The van der Waals surface area contributed by atoms with Gasteiger partial charge in [0.05, 0.1) is 0 Å². The summed E-state index contributed by atoms with van der Waals surface area (Å²) in [6.45, 7) is 0.0315. The molecular weight excluding hydrogens is 327 g/mol. The molecule has 1 unspecified atom stereocenters. The maximum Gasteiger partial charge on any atom is 0.283 e. The van der Waals surface area contributed by atoms with Crippen molar-refractivity contribution < 1.29 is 23.5 Å². The van der Waals surface area contributed by atoms with Crippen molar-refractivity contribution in [3.63, 3.8) is 0 Å². The van der Waals surface area contributed by atoms with Gasteiger partial charge in [0.25, 0.3) is 11.8 Å². The highest BCUT2D eigenvalue weighted by Crippen LogP contribution is 2.30. The first kappa shape index (κ1) is 16.5. The van der Waals surface area contributed by atoms with Crippen LogP contribution in [-0.2, 0) is 9.59 Å². The summed E-state index contributed by atoms with van der Waals surface area (Å²) in [7, 11) is 0. The van der Waals surface area contributed by atoms with Gasteiger partial charge in [-0.3, -0.25) is 20.4 Å². The van der Waals surface area contributed by atoms with Crippen molar-refractivity contribution in [1.82, 2.24) is 10.9 Å². The number of para-hydroxylation sites is 2. The number of carbonyl (C=O) groups excluding carboxylic acids is 2. The number of hydrazine groups is 1. The number of fused-ring (bicyclic) bond motifs is 1. The smallest absolute Gasteiger partial charge is 0.283 e. The van der Waals surface area contributed by atoms with Gasteiger partial charge in [-0.25, -0.2) is 4.39 Å². The zero-order chi connectivity index (χ0) is 17.6. The lowest BCUT2D eigenvalue weighted by Gasteiger charge is -2.25. The van der Waals surface area contributed by atoms with Crippen molar-refractivity contribution in [3.05, 3.63) is 66.0 Å². The molecule has 0 fully saturated rings. The number of rotatable bonds is 3. The van der Waals surface area contributed by atoms with Gasteiger partial charge in [0.1, 0.15) is 12.4 Å². The first-order valence-electron chi connectivity index (χ1n) is 7.54. The number of halogens is 1. The van der Waals surface area contributed by atoms with Crippen molar-refractivity contribution in [2.45, 2.75) is 6.10 Å². The van der Waals surface area contributed by atoms with E-state index in [1.807, 2.05) is 0 Å². The predicted molar refractivity (Wildman–Crippen MR) is 88.1 cm³/mol. The van der Waals surface area contributed by atoms with E-state index in [2.05, 4.69) is 10.9 Å². The van der Waals surface area contributed by atoms with Gasteiger partial charge in [-0.2, -0.15) is 0 Å². The summed E-state index contributed by atoms with van der Waals surface area (Å²) in [5, 5.41) is 0. The minimum absolute atomic E-state index is 0.0315. The molecule has 1 heterocycles. The number of carbonyl (C=O) groups is 2. The number of ether oxygens (including phenoxy) is 2. The zero-order valence-corrected chi connectivity index (χ0v) is 13.1. The fraction of sp³-hybridized carbons (Fsp3) is 0.111. The Balaban J connectivity index is 1.51. The number of amides is 2. The summed E-state index contributed by atoms with van der Waals surface area (Å²) in [5.74, 6) is -0.582. The molecule has 25 heavy (non-hydrogen) atoms. The van der Waals surface area contributed by atoms with Gasteiger partial charge in [-0.05, 0) is 24.3 Å². The molecule has 0 aromatic heterocycles. The minimum atomic E-state index is -0.884. The molecular formula is C18H15FN2O4. The lowest BCUT2D eigenvalue weighted by molar-refractivity contribution is -0.134. The fourth-order valence-corrected chi connectivity index (χ4v) is 2.17. The van der Waals surface area contributed by atoms with Crippen LogP contribution in [0.5, 0.6) is 11.5 Å². The second-order valence-electron chi connectivity index (χ2n) is 5.20. The minimum Gasteiger partial charge on any atom is -0.485 e. The van der Waals surface area contributed by atoms with E-state index in [1.54, 1.807) is 36.4 Å². The standard InChI is InChI=1S/C18H15FN2O4/c19-13-6-2-1-5-12(13)9-10-17(22)20-21-18(23)16-11-24-14-7-3-4-8-15(14)25-16/h1-10,16H,11H2,(H,20,22)(H,21,23)/b10-9+. The Morgan fingerprint density at radius 1 is 1.04 bits per heavy atom. The Hall–Kier alpha value is -3.35. The van der Waals surface area contributed by atoms with Gasteiger partial charge < -0.3 is 9.47 Å². The molecule has 0 saturated carbocycles. The maximum absolute atomic E-state index is 13.4. The van der Waals surface area contributed by atoms with E-state index in [9.17, 15) is 14.0 Å². The Labute approximate surface area is 143 Å². The molecule has 0 radical (unpaired) electrons. The molecule has 2 aromatic carbocycles. The first-order valence-corrected chi connectivity index (χ1v) is 7.54. The van der Waals surface area contributed by atoms with E-state index in [1.165, 1.54) is 18.2 Å². The van der Waals surface area contributed by atoms with E-state index >= 15 is 0 Å². The molecule has 1 aliphatic rings. The van der Waals surface area contributed by atoms with Crippen molar-refractivity contribution in [2.75, 3.05) is 6.61 Å². The van der Waals surface area contributed by atoms with Crippen LogP contribution in [0, 0.1) is 5.82 Å². The van der Waals surface area contributed by atoms with Gasteiger partial charge in [-0.1, -0.05) is 30.3 Å². The lowest BCUT2D eigenvalue weighted by Crippen LogP contribution is -2.50. The highest BCUT2D eigenvalue weighted by Gasteiger charge is 2.27. The van der Waals surface area contributed by atoms with Crippen LogP contribution < -0.4 is 20.3 Å². The SMILES string of the molecule is O=C(/C=C/c1ccccc1F)NNC(=O)C1COc2ccccc2O1. The second kappa shape index (κ2) is 7.48. The van der Waals surface area contributed by atoms with Crippen LogP contribution in [0.4, 0.5) is 4.39 Å². The van der Waals surface area contributed by atoms with Crippen LogP contribution in [0.1, 0.15) is 5.56 Å². The number of hydrogen-bond donors (Lipinski definition) is 2. The highest BCUT2D eigenvalue weighted by molar-refractivity contribution is 5.93. The molecule has 7 heteroatoms. The quantitative estimate of drug-likeness (QED) is 0.659. The van der Waals surface area contributed by atoms with Crippen molar-refractivity contribution in [3.8, 4) is 11.5 Å². The molecule has 0 bridgehead atoms. The van der Waals surface area contributed by atoms with Crippen molar-refractivity contribution in [2.24, 2.45) is 0 Å². The van der Waals surface area contributed by atoms with Gasteiger partial charge >= 0.3 is 0 Å². The number of nitrogens with one attached hydrogen (secondary N) is 2. The average molecular weight is 342 g/mol. The number of benzene rings is 2. The molecule has 1 aliphatic heterocycles. The molecule has 2 amide bonds. The molecule has 0 saturated heterocycles. The van der Waals surface area contributed by atoms with Crippen LogP contribution in [0.15, 0.2) is 54.6 Å². The third-order valence-corrected chi connectivity index (χ3v) is 3.43. The van der Waals surface area contributed by atoms with Crippen LogP contribution >= 0.6 is 0 Å². The Morgan fingerprint density at radius 2 is 1.76 bits per heavy atom. The highest BCUT2D eigenvalue weighted by atomic mass is 19.1. The summed E-state index contributed by atoms with van der Waals surface area (Å²) < 4.78 is 24.4. The monoisotopic (exact) mass is 342 g/mol. The molecule has 1 atom stereocenters. The molecule has 2 N–H and O–H groups in total. The average Bonchev–Trinajstić information content (AvgIpc) is 2.65. The third kappa shape index (κ3) is 4.14. The van der Waals surface area contributed by atoms with Gasteiger partial charge in [0.2, 0.25) is 6.10 Å². The van der Waals surface area contributed by atoms with E-state index in [-0.39, 0.29) is 12.2 Å². The molecule has 3 rings (SSSR count). The number of hydrogen-bond acceptors (Lipinski definition) is 4. The molecule has 0 aliphatic carbocycles. The van der Waals surface area contributed by atoms with Gasteiger partial charge in [0.15, 0.2) is 11.5 Å². The second-order valence-corrected chi connectivity index (χ2v) is 5.20. The van der Waals surface area contributed by atoms with Gasteiger partial charge in [-0.15, -0.1) is 0 Å². The van der Waals surface area contributed by atoms with E-state index in [0.29, 0.717) is 11.5 Å². The predicted octanol–water partition coefficient (Wildman–Crippen LogP) is 1.83. The Morgan fingerprint density at radius 3 is 2.56 bits per heavy atom. The topological polar surface area (TPSA) is 76.7 Å². The fourth-order valence-electron chi connectivity index (χ4n) is 2.17. The van der Waals surface area contributed by atoms with E-state index in [0.717, 1.165) is 6.08 Å². The Kier molecular flexibility index (Phi) is 4.94. The summed E-state index contributed by atoms with van der Waals surface area (Å²) in [4.78, 5) is 23.7. The zero-order valence-electron chi connectivity index (χ0n) is 13.1. The summed E-state index contributed by atoms with van der Waals surface area (Å²) in [5.41, 5.74) is 4.72. The Bertz CT molecular complexity index is 822. The molecule has 128 valence electrons. The molecule has 0 spiro atoms. The maximum atomic E-state index is 13.4. The van der Waals surface area contributed by atoms with Crippen LogP contribution in [0.25, 0.3) is 6.08 Å². The lowest BCUT2D eigenvalue weighted by atomic mass is 10.2. The van der Waals surface area contributed by atoms with Crippen LogP contribution in [-0.4, -0.2) is 24.5 Å². The van der Waals surface area contributed by atoms with Gasteiger partial charge in [0, 0.05) is 11.6 Å². The van der Waals surface area contributed by atoms with Crippen LogP contribution in [0.3, 0.4) is 0 Å². The summed E-state index contributed by atoms with van der Waals surface area (Å²) in [6.07, 6.45) is 1.55. The van der Waals surface area contributed by atoms with E-state index < -0.39 is 23.7 Å². The largest absolute Gasteiger partial charge is 0.485 e. The third-order valence-electron chi connectivity index (χ3n) is 3.43. The van der Waals surface area contributed by atoms with Crippen molar-refractivity contribution in [1.29, 1.82) is 0 Å². The normalized spacial score (nSPS) is 15.6. The summed E-state index contributed by atoms with van der Waals surface area (Å²) >= 11 is 0. The first-order chi connectivity index (χ1) is 12.1. The van der Waals surface area contributed by atoms with Crippen LogP contribution in [0.2, 0.25) is 0 Å².